The third-order valence-electron chi connectivity index (χ3n) is 3.02. The van der Waals surface area contributed by atoms with E-state index >= 15 is 0 Å². The van der Waals surface area contributed by atoms with Gasteiger partial charge in [-0.15, -0.1) is 0 Å². The molecule has 3 rings (SSSR count). The predicted octanol–water partition coefficient (Wildman–Crippen LogP) is 5.75. The standard InChI is InChI=1S/C16H11BrClNO/c1-10-8-11(17)2-5-15(10)20-16-6-7-19-14-9-12(18)3-4-13(14)16/h2-9H,1H3. The molecule has 4 heteroatoms. The second-order valence-corrected chi connectivity index (χ2v) is 5.83. The maximum absolute atomic E-state index is 6.01. The molecule has 1 heterocycles. The molecule has 0 spiro atoms. The second-order valence-electron chi connectivity index (χ2n) is 4.48. The van der Waals surface area contributed by atoms with Gasteiger partial charge in [0, 0.05) is 21.1 Å². The molecular weight excluding hydrogens is 338 g/mol. The van der Waals surface area contributed by atoms with Gasteiger partial charge in [0.05, 0.1) is 5.52 Å². The first-order valence-corrected chi connectivity index (χ1v) is 7.29. The van der Waals surface area contributed by atoms with Crippen molar-refractivity contribution in [3.8, 4) is 11.5 Å². The van der Waals surface area contributed by atoms with Gasteiger partial charge in [-0.25, -0.2) is 0 Å². The second kappa shape index (κ2) is 5.43. The van der Waals surface area contributed by atoms with Crippen LogP contribution in [0.5, 0.6) is 11.5 Å². The minimum absolute atomic E-state index is 0.668. The van der Waals surface area contributed by atoms with Gasteiger partial charge < -0.3 is 4.74 Å². The van der Waals surface area contributed by atoms with Crippen LogP contribution in [0.25, 0.3) is 10.9 Å². The van der Waals surface area contributed by atoms with Crippen molar-refractivity contribution in [2.45, 2.75) is 6.92 Å². The summed E-state index contributed by atoms with van der Waals surface area (Å²) >= 11 is 9.44. The molecule has 0 aliphatic rings. The van der Waals surface area contributed by atoms with Crippen LogP contribution in [0.4, 0.5) is 0 Å². The topological polar surface area (TPSA) is 22.1 Å². The van der Waals surface area contributed by atoms with Gasteiger partial charge in [0.15, 0.2) is 0 Å². The van der Waals surface area contributed by atoms with E-state index in [1.54, 1.807) is 6.20 Å². The van der Waals surface area contributed by atoms with E-state index in [1.165, 1.54) is 0 Å². The lowest BCUT2D eigenvalue weighted by atomic mass is 10.2. The molecule has 0 saturated heterocycles. The van der Waals surface area contributed by atoms with E-state index in [2.05, 4.69) is 20.9 Å². The van der Waals surface area contributed by atoms with Gasteiger partial charge in [-0.2, -0.15) is 0 Å². The van der Waals surface area contributed by atoms with Crippen molar-refractivity contribution in [3.63, 3.8) is 0 Å². The fourth-order valence-corrected chi connectivity index (χ4v) is 2.67. The van der Waals surface area contributed by atoms with Crippen LogP contribution >= 0.6 is 27.5 Å². The highest BCUT2D eigenvalue weighted by molar-refractivity contribution is 9.10. The Bertz CT molecular complexity index is 789. The molecule has 0 amide bonds. The summed E-state index contributed by atoms with van der Waals surface area (Å²) in [5.41, 5.74) is 1.89. The Hall–Kier alpha value is -1.58. The number of nitrogens with zero attached hydrogens (tertiary/aromatic N) is 1. The lowest BCUT2D eigenvalue weighted by Crippen LogP contribution is -1.90. The largest absolute Gasteiger partial charge is 0.456 e. The predicted molar refractivity (Wildman–Crippen MR) is 85.7 cm³/mol. The third-order valence-corrected chi connectivity index (χ3v) is 3.75. The number of ether oxygens (including phenoxy) is 1. The van der Waals surface area contributed by atoms with Crippen molar-refractivity contribution in [2.75, 3.05) is 0 Å². The summed E-state index contributed by atoms with van der Waals surface area (Å²) in [6, 6.07) is 13.4. The van der Waals surface area contributed by atoms with Crippen molar-refractivity contribution in [3.05, 3.63) is 63.7 Å². The van der Waals surface area contributed by atoms with Crippen LogP contribution in [0.15, 0.2) is 53.1 Å². The fourth-order valence-electron chi connectivity index (χ4n) is 2.03. The van der Waals surface area contributed by atoms with Crippen molar-refractivity contribution in [1.29, 1.82) is 0 Å². The van der Waals surface area contributed by atoms with E-state index in [0.717, 1.165) is 32.4 Å². The Morgan fingerprint density at radius 1 is 1.05 bits per heavy atom. The maximum atomic E-state index is 6.01. The zero-order valence-corrected chi connectivity index (χ0v) is 13.1. The number of benzene rings is 2. The summed E-state index contributed by atoms with van der Waals surface area (Å²) in [6.45, 7) is 2.01. The Balaban J connectivity index is 2.06. The van der Waals surface area contributed by atoms with E-state index in [-0.39, 0.29) is 0 Å². The van der Waals surface area contributed by atoms with Crippen molar-refractivity contribution in [2.24, 2.45) is 0 Å². The van der Waals surface area contributed by atoms with Crippen LogP contribution in [0.2, 0.25) is 5.02 Å². The van der Waals surface area contributed by atoms with Gasteiger partial charge in [-0.3, -0.25) is 4.98 Å². The van der Waals surface area contributed by atoms with Gasteiger partial charge in [-0.1, -0.05) is 27.5 Å². The quantitative estimate of drug-likeness (QED) is 0.588. The summed E-state index contributed by atoms with van der Waals surface area (Å²) in [4.78, 5) is 4.31. The molecule has 3 aromatic rings. The van der Waals surface area contributed by atoms with Crippen LogP contribution < -0.4 is 4.74 Å². The zero-order valence-electron chi connectivity index (χ0n) is 10.7. The lowest BCUT2D eigenvalue weighted by molar-refractivity contribution is 0.484. The molecule has 0 aliphatic carbocycles. The highest BCUT2D eigenvalue weighted by Gasteiger charge is 2.07. The number of aryl methyl sites for hydroxylation is 1. The van der Waals surface area contributed by atoms with Gasteiger partial charge in [0.2, 0.25) is 0 Å². The summed E-state index contributed by atoms with van der Waals surface area (Å²) in [5.74, 6) is 1.60. The van der Waals surface area contributed by atoms with E-state index in [1.807, 2.05) is 49.4 Å². The highest BCUT2D eigenvalue weighted by atomic mass is 79.9. The number of hydrogen-bond donors (Lipinski definition) is 0. The molecule has 20 heavy (non-hydrogen) atoms. The van der Waals surface area contributed by atoms with E-state index in [0.29, 0.717) is 5.02 Å². The van der Waals surface area contributed by atoms with E-state index < -0.39 is 0 Å². The average Bonchev–Trinajstić information content (AvgIpc) is 2.41. The minimum Gasteiger partial charge on any atom is -0.456 e. The molecule has 0 aliphatic heterocycles. The SMILES string of the molecule is Cc1cc(Br)ccc1Oc1ccnc2cc(Cl)ccc12. The summed E-state index contributed by atoms with van der Waals surface area (Å²) < 4.78 is 7.05. The number of pyridine rings is 1. The maximum Gasteiger partial charge on any atom is 0.138 e. The van der Waals surface area contributed by atoms with E-state index in [9.17, 15) is 0 Å². The van der Waals surface area contributed by atoms with Gasteiger partial charge in [0.25, 0.3) is 0 Å². The van der Waals surface area contributed by atoms with Crippen LogP contribution in [0, 0.1) is 6.92 Å². The Labute approximate surface area is 130 Å². The summed E-state index contributed by atoms with van der Waals surface area (Å²) in [5, 5.41) is 1.61. The molecule has 0 saturated carbocycles. The first-order chi connectivity index (χ1) is 9.63. The smallest absolute Gasteiger partial charge is 0.138 e. The first-order valence-electron chi connectivity index (χ1n) is 6.12. The van der Waals surface area contributed by atoms with Crippen LogP contribution in [0.3, 0.4) is 0 Å². The Morgan fingerprint density at radius 3 is 2.70 bits per heavy atom. The van der Waals surface area contributed by atoms with Crippen molar-refractivity contribution in [1.82, 2.24) is 4.98 Å². The van der Waals surface area contributed by atoms with Gasteiger partial charge >= 0.3 is 0 Å². The normalized spacial score (nSPS) is 10.8. The number of hydrogen-bond acceptors (Lipinski definition) is 2. The van der Waals surface area contributed by atoms with Crippen molar-refractivity contribution < 1.29 is 4.74 Å². The molecule has 100 valence electrons. The molecule has 0 atom stereocenters. The van der Waals surface area contributed by atoms with Gasteiger partial charge in [0.1, 0.15) is 11.5 Å². The Kier molecular flexibility index (Phi) is 3.64. The third kappa shape index (κ3) is 2.65. The van der Waals surface area contributed by atoms with Crippen LogP contribution in [-0.2, 0) is 0 Å². The number of rotatable bonds is 2. The number of aromatic nitrogens is 1. The molecule has 0 fully saturated rings. The van der Waals surface area contributed by atoms with Gasteiger partial charge in [-0.05, 0) is 55.0 Å². The highest BCUT2D eigenvalue weighted by Crippen LogP contribution is 2.32. The molecular formula is C16H11BrClNO. The summed E-state index contributed by atoms with van der Waals surface area (Å²) in [7, 11) is 0. The molecule has 0 radical (unpaired) electrons. The molecule has 1 aromatic heterocycles. The summed E-state index contributed by atoms with van der Waals surface area (Å²) in [6.07, 6.45) is 1.72. The number of halogens is 2. The fraction of sp³-hybridized carbons (Fsp3) is 0.0625. The molecule has 0 bridgehead atoms. The molecule has 0 unspecified atom stereocenters. The minimum atomic E-state index is 0.668. The number of fused-ring (bicyclic) bond motifs is 1. The molecule has 2 nitrogen and oxygen atoms in total. The lowest BCUT2D eigenvalue weighted by Gasteiger charge is -2.11. The molecule has 0 N–H and O–H groups in total. The first kappa shape index (κ1) is 13.4. The van der Waals surface area contributed by atoms with Crippen LogP contribution in [0.1, 0.15) is 5.56 Å². The Morgan fingerprint density at radius 2 is 1.90 bits per heavy atom. The monoisotopic (exact) mass is 347 g/mol. The van der Waals surface area contributed by atoms with Crippen LogP contribution in [-0.4, -0.2) is 4.98 Å². The average molecular weight is 349 g/mol. The molecule has 2 aromatic carbocycles. The zero-order chi connectivity index (χ0) is 14.1. The van der Waals surface area contributed by atoms with E-state index in [4.69, 9.17) is 16.3 Å². The van der Waals surface area contributed by atoms with Crippen molar-refractivity contribution >= 4 is 38.4 Å².